The van der Waals surface area contributed by atoms with Crippen molar-refractivity contribution < 1.29 is 9.90 Å². The molecule has 0 amide bonds. The van der Waals surface area contributed by atoms with E-state index in [2.05, 4.69) is 24.9 Å². The second kappa shape index (κ2) is 6.63. The first-order valence-corrected chi connectivity index (χ1v) is 7.66. The number of hydrogen-bond donors (Lipinski definition) is 2. The highest BCUT2D eigenvalue weighted by Crippen LogP contribution is 2.27. The number of aromatic carboxylic acids is 1. The van der Waals surface area contributed by atoms with Crippen LogP contribution < -0.4 is 5.73 Å². The third-order valence-corrected chi connectivity index (χ3v) is 4.19. The normalized spacial score (nSPS) is 10.8. The molecule has 0 aliphatic rings. The topological polar surface area (TPSA) is 76.2 Å². The van der Waals surface area contributed by atoms with Crippen LogP contribution in [0.25, 0.3) is 0 Å². The number of nitrogens with two attached hydrogens (primary N) is 1. The van der Waals surface area contributed by atoms with E-state index in [1.165, 1.54) is 11.6 Å². The molecule has 0 bridgehead atoms. The lowest BCUT2D eigenvalue weighted by Gasteiger charge is -2.11. The number of carboxylic acids is 1. The van der Waals surface area contributed by atoms with Gasteiger partial charge in [-0.3, -0.25) is 0 Å². The molecule has 0 fully saturated rings. The third-order valence-electron chi connectivity index (χ3n) is 3.13. The zero-order valence-electron chi connectivity index (χ0n) is 12.0. The molecule has 0 radical (unpaired) electrons. The summed E-state index contributed by atoms with van der Waals surface area (Å²) in [5.41, 5.74) is 9.21. The number of benzene rings is 1. The molecule has 4 nitrogen and oxygen atoms in total. The van der Waals surface area contributed by atoms with Gasteiger partial charge in [-0.25, -0.2) is 9.78 Å². The van der Waals surface area contributed by atoms with Crippen LogP contribution in [0.2, 0.25) is 0 Å². The molecule has 0 aliphatic carbocycles. The lowest BCUT2D eigenvalue weighted by Crippen LogP contribution is -1.99. The molecule has 21 heavy (non-hydrogen) atoms. The highest BCUT2D eigenvalue weighted by Gasteiger charge is 2.07. The molecule has 3 N–H and O–H groups in total. The fourth-order valence-electron chi connectivity index (χ4n) is 1.97. The molecule has 1 heterocycles. The second-order valence-corrected chi connectivity index (χ2v) is 6.14. The van der Waals surface area contributed by atoms with E-state index >= 15 is 0 Å². The van der Waals surface area contributed by atoms with Crippen LogP contribution in [0.15, 0.2) is 41.4 Å². The van der Waals surface area contributed by atoms with E-state index in [1.54, 1.807) is 24.0 Å². The first kappa shape index (κ1) is 15.4. The molecule has 2 rings (SSSR count). The zero-order valence-corrected chi connectivity index (χ0v) is 12.9. The summed E-state index contributed by atoms with van der Waals surface area (Å²) in [4.78, 5) is 15.6. The van der Waals surface area contributed by atoms with E-state index in [4.69, 9.17) is 10.8 Å². The zero-order chi connectivity index (χ0) is 15.4. The van der Waals surface area contributed by atoms with Gasteiger partial charge in [-0.2, -0.15) is 0 Å². The largest absolute Gasteiger partial charge is 0.477 e. The minimum atomic E-state index is -1.01. The molecule has 2 aromatic rings. The Balaban J connectivity index is 2.06. The summed E-state index contributed by atoms with van der Waals surface area (Å²) in [5.74, 6) is 0.187. The first-order chi connectivity index (χ1) is 9.97. The lowest BCUT2D eigenvalue weighted by atomic mass is 9.99. The van der Waals surface area contributed by atoms with E-state index in [0.29, 0.717) is 5.92 Å². The summed E-state index contributed by atoms with van der Waals surface area (Å²) in [6, 6.07) is 9.39. The standard InChI is InChI=1S/C16H18N2O2S/c1-10(2)13-7-11(3-5-14(13)17)9-21-12-4-6-15(16(19)20)18-8-12/h3-8,10H,9,17H2,1-2H3,(H,19,20). The average molecular weight is 302 g/mol. The van der Waals surface area contributed by atoms with Crippen molar-refractivity contribution in [1.82, 2.24) is 4.98 Å². The fourth-order valence-corrected chi connectivity index (χ4v) is 2.78. The minimum Gasteiger partial charge on any atom is -0.477 e. The summed E-state index contributed by atoms with van der Waals surface area (Å²) >= 11 is 1.62. The number of carboxylic acid groups (broad SMARTS) is 1. The Morgan fingerprint density at radius 2 is 2.10 bits per heavy atom. The Hall–Kier alpha value is -2.01. The molecule has 0 unspecified atom stereocenters. The van der Waals surface area contributed by atoms with E-state index in [0.717, 1.165) is 21.9 Å². The number of aromatic nitrogens is 1. The lowest BCUT2D eigenvalue weighted by molar-refractivity contribution is 0.0690. The number of nitrogen functional groups attached to an aromatic ring is 1. The monoisotopic (exact) mass is 302 g/mol. The molecular weight excluding hydrogens is 284 g/mol. The summed E-state index contributed by atoms with van der Waals surface area (Å²) in [7, 11) is 0. The van der Waals surface area contributed by atoms with Crippen molar-refractivity contribution in [2.45, 2.75) is 30.4 Å². The van der Waals surface area contributed by atoms with Crippen molar-refractivity contribution in [2.24, 2.45) is 0 Å². The predicted octanol–water partition coefficient (Wildman–Crippen LogP) is 3.78. The Kier molecular flexibility index (Phi) is 4.85. The Bertz CT molecular complexity index is 639. The predicted molar refractivity (Wildman–Crippen MR) is 85.7 cm³/mol. The molecule has 1 aromatic heterocycles. The van der Waals surface area contributed by atoms with Crippen molar-refractivity contribution in [1.29, 1.82) is 0 Å². The van der Waals surface area contributed by atoms with Crippen LogP contribution in [0, 0.1) is 0 Å². The molecular formula is C16H18N2O2S. The minimum absolute atomic E-state index is 0.0638. The van der Waals surface area contributed by atoms with Crippen LogP contribution in [-0.4, -0.2) is 16.1 Å². The second-order valence-electron chi connectivity index (χ2n) is 5.09. The first-order valence-electron chi connectivity index (χ1n) is 6.68. The van der Waals surface area contributed by atoms with Gasteiger partial charge in [0, 0.05) is 22.5 Å². The Morgan fingerprint density at radius 3 is 2.67 bits per heavy atom. The van der Waals surface area contributed by atoms with Gasteiger partial charge in [0.05, 0.1) is 0 Å². The van der Waals surface area contributed by atoms with E-state index in [1.807, 2.05) is 12.1 Å². The van der Waals surface area contributed by atoms with Crippen LogP contribution in [-0.2, 0) is 5.75 Å². The van der Waals surface area contributed by atoms with E-state index in [-0.39, 0.29) is 5.69 Å². The van der Waals surface area contributed by atoms with Crippen molar-refractivity contribution in [2.75, 3.05) is 5.73 Å². The molecule has 110 valence electrons. The van der Waals surface area contributed by atoms with Gasteiger partial charge < -0.3 is 10.8 Å². The van der Waals surface area contributed by atoms with Crippen molar-refractivity contribution >= 4 is 23.4 Å². The summed E-state index contributed by atoms with van der Waals surface area (Å²) in [6.07, 6.45) is 1.59. The smallest absolute Gasteiger partial charge is 0.354 e. The maximum atomic E-state index is 10.7. The summed E-state index contributed by atoms with van der Waals surface area (Å²) in [6.45, 7) is 4.24. The van der Waals surface area contributed by atoms with Crippen LogP contribution in [0.3, 0.4) is 0 Å². The number of thioether (sulfide) groups is 1. The quantitative estimate of drug-likeness (QED) is 0.649. The SMILES string of the molecule is CC(C)c1cc(CSc2ccc(C(=O)O)nc2)ccc1N. The van der Waals surface area contributed by atoms with Crippen LogP contribution in [0.1, 0.15) is 41.4 Å². The van der Waals surface area contributed by atoms with Crippen LogP contribution in [0.4, 0.5) is 5.69 Å². The summed E-state index contributed by atoms with van der Waals surface area (Å²) in [5, 5.41) is 8.81. The Labute approximate surface area is 128 Å². The molecule has 1 aromatic carbocycles. The number of nitrogens with zero attached hydrogens (tertiary/aromatic N) is 1. The van der Waals surface area contributed by atoms with Gasteiger partial charge in [0.25, 0.3) is 0 Å². The molecule has 0 saturated carbocycles. The van der Waals surface area contributed by atoms with Gasteiger partial charge in [0.1, 0.15) is 5.69 Å². The molecule has 5 heteroatoms. The highest BCUT2D eigenvalue weighted by molar-refractivity contribution is 7.98. The number of rotatable bonds is 5. The van der Waals surface area contributed by atoms with Crippen LogP contribution >= 0.6 is 11.8 Å². The van der Waals surface area contributed by atoms with Gasteiger partial charge in [0.2, 0.25) is 0 Å². The molecule has 0 atom stereocenters. The maximum Gasteiger partial charge on any atom is 0.354 e. The number of hydrogen-bond acceptors (Lipinski definition) is 4. The van der Waals surface area contributed by atoms with Gasteiger partial charge in [-0.15, -0.1) is 11.8 Å². The van der Waals surface area contributed by atoms with Crippen molar-refractivity contribution in [3.63, 3.8) is 0 Å². The molecule has 0 saturated heterocycles. The molecule has 0 spiro atoms. The van der Waals surface area contributed by atoms with Gasteiger partial charge in [0.15, 0.2) is 0 Å². The highest BCUT2D eigenvalue weighted by atomic mass is 32.2. The van der Waals surface area contributed by atoms with Crippen molar-refractivity contribution in [3.05, 3.63) is 53.3 Å². The van der Waals surface area contributed by atoms with Gasteiger partial charge >= 0.3 is 5.97 Å². The third kappa shape index (κ3) is 3.98. The number of anilines is 1. The number of carbonyl (C=O) groups is 1. The Morgan fingerprint density at radius 1 is 1.33 bits per heavy atom. The average Bonchev–Trinajstić information content (AvgIpc) is 2.46. The molecule has 0 aliphatic heterocycles. The van der Waals surface area contributed by atoms with Gasteiger partial charge in [-0.1, -0.05) is 26.0 Å². The van der Waals surface area contributed by atoms with E-state index < -0.39 is 5.97 Å². The summed E-state index contributed by atoms with van der Waals surface area (Å²) < 4.78 is 0. The van der Waals surface area contributed by atoms with E-state index in [9.17, 15) is 4.79 Å². The fraction of sp³-hybridized carbons (Fsp3) is 0.250. The number of pyridine rings is 1. The maximum absolute atomic E-state index is 10.7. The van der Waals surface area contributed by atoms with Crippen molar-refractivity contribution in [3.8, 4) is 0 Å². The van der Waals surface area contributed by atoms with Gasteiger partial charge in [-0.05, 0) is 35.2 Å². The van der Waals surface area contributed by atoms with Crippen LogP contribution in [0.5, 0.6) is 0 Å².